The topological polar surface area (TPSA) is 56.1 Å². The summed E-state index contributed by atoms with van der Waals surface area (Å²) in [6.45, 7) is 4.27. The number of nitrogens with zero attached hydrogens (tertiary/aromatic N) is 5. The van der Waals surface area contributed by atoms with E-state index in [0.717, 1.165) is 18.8 Å². The third kappa shape index (κ3) is 3.08. The molecule has 0 amide bonds. The van der Waals surface area contributed by atoms with Gasteiger partial charge in [-0.3, -0.25) is 0 Å². The number of hydrogen-bond acceptors (Lipinski definition) is 5. The molecule has 0 unspecified atom stereocenters. The first kappa shape index (κ1) is 16.7. The minimum Gasteiger partial charge on any atom is -0.383 e. The van der Waals surface area contributed by atoms with E-state index in [9.17, 15) is 0 Å². The maximum atomic E-state index is 5.22. The molecule has 26 heavy (non-hydrogen) atoms. The molecule has 6 nitrogen and oxygen atoms in total. The van der Waals surface area contributed by atoms with E-state index in [1.165, 1.54) is 22.4 Å². The van der Waals surface area contributed by atoms with Gasteiger partial charge < -0.3 is 9.64 Å². The molecule has 0 N–H and O–H groups in total. The summed E-state index contributed by atoms with van der Waals surface area (Å²) < 4.78 is 7.08. The number of fused-ring (bicyclic) bond motifs is 1. The molecule has 2 aromatic carbocycles. The van der Waals surface area contributed by atoms with E-state index in [1.807, 2.05) is 4.68 Å². The van der Waals surface area contributed by atoms with Crippen LogP contribution in [0.1, 0.15) is 28.6 Å². The standard InChI is InChI=1S/C20H23N5O/c1-15-7-9-17(10-8-15)19(20-21-22-23-25(20)13-14-26-2)24-12-11-16-5-3-4-6-18(16)24/h3-10,19H,11-14H2,1-2H3/t19-/m0/s1. The summed E-state index contributed by atoms with van der Waals surface area (Å²) in [4.78, 5) is 2.41. The summed E-state index contributed by atoms with van der Waals surface area (Å²) in [5.41, 5.74) is 5.08. The molecule has 1 aromatic heterocycles. The van der Waals surface area contributed by atoms with Crippen LogP contribution in [0.3, 0.4) is 0 Å². The maximum Gasteiger partial charge on any atom is 0.178 e. The molecule has 0 fully saturated rings. The van der Waals surface area contributed by atoms with Crippen molar-refractivity contribution in [2.45, 2.75) is 25.9 Å². The minimum atomic E-state index is -0.0221. The quantitative estimate of drug-likeness (QED) is 0.685. The summed E-state index contributed by atoms with van der Waals surface area (Å²) in [6.07, 6.45) is 1.04. The molecule has 1 aliphatic heterocycles. The van der Waals surface area contributed by atoms with E-state index in [1.54, 1.807) is 7.11 Å². The van der Waals surface area contributed by atoms with Crippen LogP contribution in [0, 0.1) is 6.92 Å². The van der Waals surface area contributed by atoms with E-state index in [0.29, 0.717) is 13.2 Å². The molecule has 0 bridgehead atoms. The lowest BCUT2D eigenvalue weighted by atomic mass is 10.0. The second-order valence-electron chi connectivity index (χ2n) is 6.64. The molecule has 0 saturated heterocycles. The number of rotatable bonds is 6. The van der Waals surface area contributed by atoms with E-state index < -0.39 is 0 Å². The fourth-order valence-corrected chi connectivity index (χ4v) is 3.59. The maximum absolute atomic E-state index is 5.22. The Labute approximate surface area is 153 Å². The fourth-order valence-electron chi connectivity index (χ4n) is 3.59. The second kappa shape index (κ2) is 7.25. The average Bonchev–Trinajstić information content (AvgIpc) is 3.30. The Morgan fingerprint density at radius 2 is 1.92 bits per heavy atom. The molecule has 0 aliphatic carbocycles. The van der Waals surface area contributed by atoms with Crippen molar-refractivity contribution >= 4 is 5.69 Å². The lowest BCUT2D eigenvalue weighted by molar-refractivity contribution is 0.181. The zero-order valence-electron chi connectivity index (χ0n) is 15.2. The Kier molecular flexibility index (Phi) is 4.67. The smallest absolute Gasteiger partial charge is 0.178 e. The van der Waals surface area contributed by atoms with Crippen molar-refractivity contribution in [2.24, 2.45) is 0 Å². The zero-order chi connectivity index (χ0) is 17.9. The van der Waals surface area contributed by atoms with E-state index in [-0.39, 0.29) is 6.04 Å². The minimum absolute atomic E-state index is 0.0221. The van der Waals surface area contributed by atoms with Gasteiger partial charge in [0.1, 0.15) is 6.04 Å². The van der Waals surface area contributed by atoms with Gasteiger partial charge in [-0.25, -0.2) is 4.68 Å². The third-order valence-electron chi connectivity index (χ3n) is 4.94. The summed E-state index contributed by atoms with van der Waals surface area (Å²) in [7, 11) is 1.69. The van der Waals surface area contributed by atoms with Crippen LogP contribution in [0.2, 0.25) is 0 Å². The van der Waals surface area contributed by atoms with Crippen molar-refractivity contribution in [1.29, 1.82) is 0 Å². The van der Waals surface area contributed by atoms with Crippen molar-refractivity contribution in [1.82, 2.24) is 20.2 Å². The lowest BCUT2D eigenvalue weighted by Gasteiger charge is -2.30. The van der Waals surface area contributed by atoms with Gasteiger partial charge in [-0.15, -0.1) is 5.10 Å². The van der Waals surface area contributed by atoms with Gasteiger partial charge in [0, 0.05) is 19.3 Å². The highest BCUT2D eigenvalue weighted by molar-refractivity contribution is 5.60. The van der Waals surface area contributed by atoms with Crippen LogP contribution in [0.15, 0.2) is 48.5 Å². The highest BCUT2D eigenvalue weighted by Crippen LogP contribution is 2.37. The van der Waals surface area contributed by atoms with Crippen LogP contribution in [-0.2, 0) is 17.7 Å². The van der Waals surface area contributed by atoms with Gasteiger partial charge in [0.15, 0.2) is 5.82 Å². The Morgan fingerprint density at radius 3 is 2.73 bits per heavy atom. The number of benzene rings is 2. The molecule has 0 saturated carbocycles. The summed E-state index contributed by atoms with van der Waals surface area (Å²) in [5, 5.41) is 12.5. The van der Waals surface area contributed by atoms with Crippen LogP contribution in [-0.4, -0.2) is 40.5 Å². The molecule has 4 rings (SSSR count). The van der Waals surface area contributed by atoms with Crippen molar-refractivity contribution in [3.8, 4) is 0 Å². The molecule has 6 heteroatoms. The van der Waals surface area contributed by atoms with Crippen molar-refractivity contribution < 1.29 is 4.74 Å². The van der Waals surface area contributed by atoms with E-state index in [2.05, 4.69) is 75.9 Å². The van der Waals surface area contributed by atoms with Gasteiger partial charge >= 0.3 is 0 Å². The van der Waals surface area contributed by atoms with E-state index >= 15 is 0 Å². The highest BCUT2D eigenvalue weighted by Gasteiger charge is 2.32. The summed E-state index contributed by atoms with van der Waals surface area (Å²) in [6, 6.07) is 17.2. The number of aromatic nitrogens is 4. The molecule has 1 aliphatic rings. The Balaban J connectivity index is 1.79. The van der Waals surface area contributed by atoms with Gasteiger partial charge in [0.25, 0.3) is 0 Å². The van der Waals surface area contributed by atoms with Crippen LogP contribution >= 0.6 is 0 Å². The molecule has 2 heterocycles. The van der Waals surface area contributed by atoms with Gasteiger partial charge in [-0.2, -0.15) is 0 Å². The number of anilines is 1. The fraction of sp³-hybridized carbons (Fsp3) is 0.350. The van der Waals surface area contributed by atoms with Crippen molar-refractivity contribution in [3.63, 3.8) is 0 Å². The lowest BCUT2D eigenvalue weighted by Crippen LogP contribution is -2.30. The predicted molar refractivity (Wildman–Crippen MR) is 100 cm³/mol. The molecule has 0 spiro atoms. The van der Waals surface area contributed by atoms with Gasteiger partial charge in [0.2, 0.25) is 0 Å². The van der Waals surface area contributed by atoms with Crippen molar-refractivity contribution in [3.05, 3.63) is 71.0 Å². The first-order valence-corrected chi connectivity index (χ1v) is 8.94. The molecule has 134 valence electrons. The van der Waals surface area contributed by atoms with Gasteiger partial charge in [-0.1, -0.05) is 48.0 Å². The largest absolute Gasteiger partial charge is 0.383 e. The van der Waals surface area contributed by atoms with Crippen molar-refractivity contribution in [2.75, 3.05) is 25.2 Å². The molecule has 1 atom stereocenters. The summed E-state index contributed by atoms with van der Waals surface area (Å²) in [5.74, 6) is 0.850. The first-order valence-electron chi connectivity index (χ1n) is 8.94. The van der Waals surface area contributed by atoms with Crippen LogP contribution in [0.5, 0.6) is 0 Å². The number of ether oxygens (including phenoxy) is 1. The Morgan fingerprint density at radius 1 is 1.12 bits per heavy atom. The molecule has 0 radical (unpaired) electrons. The number of aryl methyl sites for hydroxylation is 1. The third-order valence-corrected chi connectivity index (χ3v) is 4.94. The summed E-state index contributed by atoms with van der Waals surface area (Å²) >= 11 is 0. The monoisotopic (exact) mass is 349 g/mol. The molecular formula is C20H23N5O. The van der Waals surface area contributed by atoms with Crippen LogP contribution in [0.25, 0.3) is 0 Å². The van der Waals surface area contributed by atoms with E-state index in [4.69, 9.17) is 4.74 Å². The Hall–Kier alpha value is -2.73. The zero-order valence-corrected chi connectivity index (χ0v) is 15.2. The average molecular weight is 349 g/mol. The number of tetrazole rings is 1. The predicted octanol–water partition coefficient (Wildman–Crippen LogP) is 2.78. The Bertz CT molecular complexity index is 874. The number of hydrogen-bond donors (Lipinski definition) is 0. The van der Waals surface area contributed by atoms with Gasteiger partial charge in [-0.05, 0) is 41.0 Å². The number of methoxy groups -OCH3 is 1. The molecule has 3 aromatic rings. The van der Waals surface area contributed by atoms with Gasteiger partial charge in [0.05, 0.1) is 13.2 Å². The first-order chi connectivity index (χ1) is 12.8. The second-order valence-corrected chi connectivity index (χ2v) is 6.64. The number of para-hydroxylation sites is 1. The van der Waals surface area contributed by atoms with Crippen LogP contribution in [0.4, 0.5) is 5.69 Å². The normalized spacial score (nSPS) is 14.5. The van der Waals surface area contributed by atoms with Crippen LogP contribution < -0.4 is 4.90 Å². The SMILES string of the molecule is COCCn1nnnc1[C@H](c1ccc(C)cc1)N1CCc2ccccc21. The highest BCUT2D eigenvalue weighted by atomic mass is 16.5. The molecular weight excluding hydrogens is 326 g/mol.